The van der Waals surface area contributed by atoms with Gasteiger partial charge in [0.1, 0.15) is 0 Å². The zero-order chi connectivity index (χ0) is 13.1. The van der Waals surface area contributed by atoms with Gasteiger partial charge in [0, 0.05) is 9.85 Å². The van der Waals surface area contributed by atoms with Gasteiger partial charge in [-0.1, -0.05) is 69.5 Å². The Bertz CT molecular complexity index is 549. The van der Waals surface area contributed by atoms with E-state index in [1.165, 1.54) is 16.7 Å². The number of alkyl halides is 1. The molecule has 0 spiro atoms. The fourth-order valence-corrected chi connectivity index (χ4v) is 2.80. The van der Waals surface area contributed by atoms with Gasteiger partial charge in [-0.3, -0.25) is 0 Å². The highest BCUT2D eigenvalue weighted by molar-refractivity contribution is 9.09. The van der Waals surface area contributed by atoms with Crippen LogP contribution in [0.4, 0.5) is 0 Å². The predicted octanol–water partition coefficient (Wildman–Crippen LogP) is 5.64. The third-order valence-electron chi connectivity index (χ3n) is 3.04. The van der Waals surface area contributed by atoms with E-state index in [1.54, 1.807) is 0 Å². The van der Waals surface area contributed by atoms with E-state index in [0.717, 1.165) is 17.0 Å². The number of aryl methyl sites for hydroxylation is 2. The summed E-state index contributed by atoms with van der Waals surface area (Å²) < 4.78 is 0. The molecule has 0 radical (unpaired) electrons. The van der Waals surface area contributed by atoms with Crippen molar-refractivity contribution in [1.82, 2.24) is 0 Å². The van der Waals surface area contributed by atoms with Gasteiger partial charge in [-0.2, -0.15) is 0 Å². The summed E-state index contributed by atoms with van der Waals surface area (Å²) in [6.07, 6.45) is 0.989. The lowest BCUT2D eigenvalue weighted by Gasteiger charge is -2.12. The van der Waals surface area contributed by atoms with Crippen molar-refractivity contribution in [3.05, 3.63) is 69.7 Å². The normalized spacial score (nSPS) is 12.4. The first kappa shape index (κ1) is 13.6. The molecule has 0 aliphatic heterocycles. The highest BCUT2D eigenvalue weighted by atomic mass is 79.9. The van der Waals surface area contributed by atoms with E-state index in [1.807, 2.05) is 13.0 Å². The van der Waals surface area contributed by atoms with Gasteiger partial charge in [0.05, 0.1) is 0 Å². The summed E-state index contributed by atoms with van der Waals surface area (Å²) in [4.78, 5) is 0.329. The number of rotatable bonds is 3. The Hall–Kier alpha value is -0.790. The molecule has 2 aromatic carbocycles. The van der Waals surface area contributed by atoms with Crippen LogP contribution in [0.1, 0.15) is 27.1 Å². The molecule has 2 rings (SSSR count). The molecule has 0 aliphatic carbocycles. The van der Waals surface area contributed by atoms with E-state index in [0.29, 0.717) is 4.83 Å². The molecular formula is C16H16BrCl. The standard InChI is InChI=1S/C16H16BrCl/c1-11-4-3-5-13(8-11)10-15(17)14-6-7-16(18)12(2)9-14/h3-9,15H,10H2,1-2H3. The lowest BCUT2D eigenvalue weighted by Crippen LogP contribution is -1.96. The van der Waals surface area contributed by atoms with Gasteiger partial charge in [0.2, 0.25) is 0 Å². The molecule has 1 atom stereocenters. The van der Waals surface area contributed by atoms with E-state index in [-0.39, 0.29) is 0 Å². The topological polar surface area (TPSA) is 0 Å². The van der Waals surface area contributed by atoms with Gasteiger partial charge < -0.3 is 0 Å². The van der Waals surface area contributed by atoms with Crippen molar-refractivity contribution < 1.29 is 0 Å². The first-order chi connectivity index (χ1) is 8.56. The Morgan fingerprint density at radius 2 is 1.89 bits per heavy atom. The number of hydrogen-bond acceptors (Lipinski definition) is 0. The summed E-state index contributed by atoms with van der Waals surface area (Å²) in [5.74, 6) is 0. The molecular weight excluding hydrogens is 308 g/mol. The Morgan fingerprint density at radius 3 is 2.56 bits per heavy atom. The van der Waals surface area contributed by atoms with Crippen molar-refractivity contribution in [2.75, 3.05) is 0 Å². The largest absolute Gasteiger partial charge is 0.0841 e. The van der Waals surface area contributed by atoms with E-state index < -0.39 is 0 Å². The lowest BCUT2D eigenvalue weighted by atomic mass is 10.0. The first-order valence-corrected chi connectivity index (χ1v) is 7.31. The SMILES string of the molecule is Cc1cccc(CC(Br)c2ccc(Cl)c(C)c2)c1. The smallest absolute Gasteiger partial charge is 0.0435 e. The van der Waals surface area contributed by atoms with Crippen LogP contribution >= 0.6 is 27.5 Å². The summed E-state index contributed by atoms with van der Waals surface area (Å²) in [7, 11) is 0. The third-order valence-corrected chi connectivity index (χ3v) is 4.32. The molecule has 0 N–H and O–H groups in total. The van der Waals surface area contributed by atoms with Crippen LogP contribution < -0.4 is 0 Å². The fraction of sp³-hybridized carbons (Fsp3) is 0.250. The van der Waals surface area contributed by atoms with Crippen LogP contribution in [-0.4, -0.2) is 0 Å². The van der Waals surface area contributed by atoms with E-state index in [2.05, 4.69) is 59.3 Å². The molecule has 0 fully saturated rings. The van der Waals surface area contributed by atoms with Crippen LogP contribution in [-0.2, 0) is 6.42 Å². The maximum atomic E-state index is 6.05. The van der Waals surface area contributed by atoms with Crippen LogP contribution in [0.2, 0.25) is 5.02 Å². The second kappa shape index (κ2) is 5.90. The van der Waals surface area contributed by atoms with Crippen molar-refractivity contribution in [3.63, 3.8) is 0 Å². The Morgan fingerprint density at radius 1 is 1.11 bits per heavy atom. The van der Waals surface area contributed by atoms with Crippen LogP contribution in [0.25, 0.3) is 0 Å². The van der Waals surface area contributed by atoms with Gasteiger partial charge in [0.25, 0.3) is 0 Å². The molecule has 0 nitrogen and oxygen atoms in total. The Labute approximate surface area is 122 Å². The second-order valence-corrected chi connectivity index (χ2v) is 6.18. The summed E-state index contributed by atoms with van der Waals surface area (Å²) in [5.41, 5.74) is 5.06. The quantitative estimate of drug-likeness (QED) is 0.642. The maximum absolute atomic E-state index is 6.05. The summed E-state index contributed by atoms with van der Waals surface area (Å²) in [6.45, 7) is 4.16. The van der Waals surface area contributed by atoms with Gasteiger partial charge in [-0.15, -0.1) is 0 Å². The number of hydrogen-bond donors (Lipinski definition) is 0. The molecule has 94 valence electrons. The summed E-state index contributed by atoms with van der Waals surface area (Å²) in [5, 5.41) is 0.828. The molecule has 0 aromatic heterocycles. The van der Waals surface area contributed by atoms with Crippen LogP contribution in [0.3, 0.4) is 0 Å². The maximum Gasteiger partial charge on any atom is 0.0435 e. The highest BCUT2D eigenvalue weighted by Crippen LogP contribution is 2.29. The van der Waals surface area contributed by atoms with Gasteiger partial charge in [0.15, 0.2) is 0 Å². The molecule has 0 heterocycles. The predicted molar refractivity (Wildman–Crippen MR) is 82.7 cm³/mol. The van der Waals surface area contributed by atoms with Crippen LogP contribution in [0, 0.1) is 13.8 Å². The van der Waals surface area contributed by atoms with Crippen molar-refractivity contribution in [1.29, 1.82) is 0 Å². The molecule has 2 aromatic rings. The summed E-state index contributed by atoms with van der Waals surface area (Å²) in [6, 6.07) is 14.8. The first-order valence-electron chi connectivity index (χ1n) is 6.02. The summed E-state index contributed by atoms with van der Waals surface area (Å²) >= 11 is 9.81. The molecule has 18 heavy (non-hydrogen) atoms. The highest BCUT2D eigenvalue weighted by Gasteiger charge is 2.09. The van der Waals surface area contributed by atoms with Crippen molar-refractivity contribution in [2.45, 2.75) is 25.1 Å². The van der Waals surface area contributed by atoms with Gasteiger partial charge in [-0.25, -0.2) is 0 Å². The van der Waals surface area contributed by atoms with Crippen molar-refractivity contribution >= 4 is 27.5 Å². The minimum absolute atomic E-state index is 0.329. The van der Waals surface area contributed by atoms with E-state index in [9.17, 15) is 0 Å². The Kier molecular flexibility index (Phi) is 4.47. The zero-order valence-corrected chi connectivity index (χ0v) is 12.9. The molecule has 0 aliphatic rings. The third kappa shape index (κ3) is 3.37. The second-order valence-electron chi connectivity index (χ2n) is 4.67. The van der Waals surface area contributed by atoms with Crippen LogP contribution in [0.15, 0.2) is 42.5 Å². The van der Waals surface area contributed by atoms with Gasteiger partial charge in [-0.05, 0) is 43.0 Å². The fourth-order valence-electron chi connectivity index (χ4n) is 2.03. The van der Waals surface area contributed by atoms with E-state index in [4.69, 9.17) is 11.6 Å². The minimum Gasteiger partial charge on any atom is -0.0841 e. The lowest BCUT2D eigenvalue weighted by molar-refractivity contribution is 0.945. The molecule has 1 unspecified atom stereocenters. The monoisotopic (exact) mass is 322 g/mol. The van der Waals surface area contributed by atoms with E-state index >= 15 is 0 Å². The zero-order valence-electron chi connectivity index (χ0n) is 10.6. The average molecular weight is 324 g/mol. The Balaban J connectivity index is 2.16. The average Bonchev–Trinajstić information content (AvgIpc) is 2.32. The molecule has 0 saturated heterocycles. The molecule has 0 saturated carbocycles. The minimum atomic E-state index is 0.329. The number of benzene rings is 2. The van der Waals surface area contributed by atoms with Gasteiger partial charge >= 0.3 is 0 Å². The van der Waals surface area contributed by atoms with Crippen molar-refractivity contribution in [2.24, 2.45) is 0 Å². The van der Waals surface area contributed by atoms with Crippen LogP contribution in [0.5, 0.6) is 0 Å². The molecule has 2 heteroatoms. The van der Waals surface area contributed by atoms with Crippen molar-refractivity contribution in [3.8, 4) is 0 Å². The molecule has 0 amide bonds. The molecule has 0 bridgehead atoms. The number of halogens is 2.